The lowest BCUT2D eigenvalue weighted by molar-refractivity contribution is 0.174. The van der Waals surface area contributed by atoms with E-state index in [1.54, 1.807) is 0 Å². The minimum absolute atomic E-state index is 0.365. The molecule has 2 N–H and O–H groups in total. The van der Waals surface area contributed by atoms with E-state index >= 15 is 0 Å². The molecule has 1 aromatic heterocycles. The molecule has 2 rings (SSSR count). The first kappa shape index (κ1) is 18.5. The summed E-state index contributed by atoms with van der Waals surface area (Å²) in [5.74, 6) is 1.47. The molecule has 1 heterocycles. The lowest BCUT2D eigenvalue weighted by Crippen LogP contribution is -2.23. The Balaban J connectivity index is 2.07. The minimum Gasteiger partial charge on any atom is -0.387 e. The molecule has 1 aromatic carbocycles. The fraction of sp³-hybridized carbons (Fsp3) is 0.526. The van der Waals surface area contributed by atoms with Gasteiger partial charge in [-0.3, -0.25) is 4.68 Å². The van der Waals surface area contributed by atoms with Gasteiger partial charge in [0.15, 0.2) is 0 Å². The molecule has 0 spiro atoms. The summed E-state index contributed by atoms with van der Waals surface area (Å²) in [6, 6.07) is 8.02. The van der Waals surface area contributed by atoms with Crippen molar-refractivity contribution in [3.8, 4) is 0 Å². The molecular formula is C19H30N4O. The van der Waals surface area contributed by atoms with Gasteiger partial charge in [-0.2, -0.15) is 5.10 Å². The van der Waals surface area contributed by atoms with Crippen LogP contribution < -0.4 is 10.2 Å². The van der Waals surface area contributed by atoms with Gasteiger partial charge in [0.2, 0.25) is 0 Å². The smallest absolute Gasteiger partial charge is 0.130 e. The summed E-state index contributed by atoms with van der Waals surface area (Å²) >= 11 is 0. The Morgan fingerprint density at radius 1 is 1.21 bits per heavy atom. The molecule has 0 aliphatic heterocycles. The zero-order chi connectivity index (χ0) is 17.9. The maximum absolute atomic E-state index is 10.4. The first-order chi connectivity index (χ1) is 11.3. The Morgan fingerprint density at radius 2 is 1.83 bits per heavy atom. The maximum Gasteiger partial charge on any atom is 0.130 e. The molecule has 0 aliphatic carbocycles. The Labute approximate surface area is 145 Å². The van der Waals surface area contributed by atoms with Crippen LogP contribution >= 0.6 is 0 Å². The highest BCUT2D eigenvalue weighted by molar-refractivity contribution is 5.50. The second-order valence-electron chi connectivity index (χ2n) is 6.92. The van der Waals surface area contributed by atoms with Crippen LogP contribution in [0.3, 0.4) is 0 Å². The van der Waals surface area contributed by atoms with Gasteiger partial charge in [-0.15, -0.1) is 0 Å². The van der Waals surface area contributed by atoms with Crippen LogP contribution in [-0.2, 0) is 13.6 Å². The third-order valence-electron chi connectivity index (χ3n) is 4.22. The summed E-state index contributed by atoms with van der Waals surface area (Å²) in [5, 5.41) is 18.4. The molecule has 0 saturated carbocycles. The number of aliphatic hydroxyl groups is 1. The normalized spacial score (nSPS) is 12.7. The highest BCUT2D eigenvalue weighted by atomic mass is 16.3. The summed E-state index contributed by atoms with van der Waals surface area (Å²) < 4.78 is 1.93. The van der Waals surface area contributed by atoms with Crippen LogP contribution in [0.5, 0.6) is 0 Å². The molecule has 0 unspecified atom stereocenters. The summed E-state index contributed by atoms with van der Waals surface area (Å²) in [4.78, 5) is 2.09. The van der Waals surface area contributed by atoms with Gasteiger partial charge < -0.3 is 15.3 Å². The van der Waals surface area contributed by atoms with Crippen LogP contribution in [0.4, 0.5) is 5.82 Å². The largest absolute Gasteiger partial charge is 0.387 e. The monoisotopic (exact) mass is 330 g/mol. The maximum atomic E-state index is 10.4. The van der Waals surface area contributed by atoms with Crippen molar-refractivity contribution in [1.82, 2.24) is 15.1 Å². The second kappa shape index (κ2) is 7.81. The quantitative estimate of drug-likeness (QED) is 0.820. The van der Waals surface area contributed by atoms with Gasteiger partial charge in [0.25, 0.3) is 0 Å². The first-order valence-corrected chi connectivity index (χ1v) is 8.49. The zero-order valence-electron chi connectivity index (χ0n) is 15.7. The van der Waals surface area contributed by atoms with Crippen molar-refractivity contribution in [3.63, 3.8) is 0 Å². The third-order valence-corrected chi connectivity index (χ3v) is 4.22. The molecule has 0 bridgehead atoms. The van der Waals surface area contributed by atoms with Gasteiger partial charge in [0.05, 0.1) is 11.8 Å². The Morgan fingerprint density at radius 3 is 2.38 bits per heavy atom. The van der Waals surface area contributed by atoms with Crippen LogP contribution in [0, 0.1) is 6.92 Å². The summed E-state index contributed by atoms with van der Waals surface area (Å²) in [7, 11) is 6.05. The fourth-order valence-electron chi connectivity index (χ4n) is 3.01. The van der Waals surface area contributed by atoms with E-state index in [4.69, 9.17) is 0 Å². The van der Waals surface area contributed by atoms with E-state index < -0.39 is 6.10 Å². The summed E-state index contributed by atoms with van der Waals surface area (Å²) in [6.07, 6.45) is -0.507. The molecule has 0 fully saturated rings. The van der Waals surface area contributed by atoms with Gasteiger partial charge in [0, 0.05) is 39.8 Å². The van der Waals surface area contributed by atoms with Crippen LogP contribution in [-0.4, -0.2) is 35.5 Å². The Bertz CT molecular complexity index is 659. The van der Waals surface area contributed by atoms with E-state index in [1.165, 1.54) is 11.1 Å². The summed E-state index contributed by atoms with van der Waals surface area (Å²) in [5.41, 5.74) is 4.45. The van der Waals surface area contributed by atoms with Gasteiger partial charge in [0.1, 0.15) is 5.82 Å². The SMILES string of the molecule is Cc1ccc([C@H](O)CNCc2c(C(C)C)nn(C)c2N(C)C)cc1. The number of nitrogens with zero attached hydrogens (tertiary/aromatic N) is 3. The third kappa shape index (κ3) is 4.16. The second-order valence-corrected chi connectivity index (χ2v) is 6.92. The predicted octanol–water partition coefficient (Wildman–Crippen LogP) is 2.74. The molecular weight excluding hydrogens is 300 g/mol. The molecule has 0 amide bonds. The molecule has 2 aromatic rings. The molecule has 0 saturated heterocycles. The molecule has 24 heavy (non-hydrogen) atoms. The van der Waals surface area contributed by atoms with Crippen LogP contribution in [0.2, 0.25) is 0 Å². The van der Waals surface area contributed by atoms with Gasteiger partial charge >= 0.3 is 0 Å². The van der Waals surface area contributed by atoms with Crippen LogP contribution in [0.15, 0.2) is 24.3 Å². The highest BCUT2D eigenvalue weighted by Gasteiger charge is 2.19. The van der Waals surface area contributed by atoms with Crippen molar-refractivity contribution >= 4 is 5.82 Å². The van der Waals surface area contributed by atoms with E-state index in [2.05, 4.69) is 29.2 Å². The number of hydrogen-bond acceptors (Lipinski definition) is 4. The number of aliphatic hydroxyl groups excluding tert-OH is 1. The van der Waals surface area contributed by atoms with Crippen molar-refractivity contribution in [2.75, 3.05) is 25.5 Å². The molecule has 5 heteroatoms. The lowest BCUT2D eigenvalue weighted by Gasteiger charge is -2.17. The molecule has 0 aliphatic rings. The Hall–Kier alpha value is -1.85. The first-order valence-electron chi connectivity index (χ1n) is 8.49. The van der Waals surface area contributed by atoms with Crippen molar-refractivity contribution < 1.29 is 5.11 Å². The van der Waals surface area contributed by atoms with Gasteiger partial charge in [-0.05, 0) is 18.4 Å². The van der Waals surface area contributed by atoms with Crippen molar-refractivity contribution in [3.05, 3.63) is 46.6 Å². The van der Waals surface area contributed by atoms with Gasteiger partial charge in [-0.1, -0.05) is 43.7 Å². The standard InChI is InChI=1S/C19H30N4O/c1-13(2)18-16(19(22(4)5)23(6)21-18)11-20-12-17(24)15-9-7-14(3)8-10-15/h7-10,13,17,20,24H,11-12H2,1-6H3/t17-/m1/s1. The average molecular weight is 330 g/mol. The van der Waals surface area contributed by atoms with E-state index in [0.717, 1.165) is 17.1 Å². The number of aromatic nitrogens is 2. The van der Waals surface area contributed by atoms with E-state index in [-0.39, 0.29) is 0 Å². The lowest BCUT2D eigenvalue weighted by atomic mass is 10.0. The predicted molar refractivity (Wildman–Crippen MR) is 99.5 cm³/mol. The molecule has 5 nitrogen and oxygen atoms in total. The van der Waals surface area contributed by atoms with E-state index in [0.29, 0.717) is 19.0 Å². The highest BCUT2D eigenvalue weighted by Crippen LogP contribution is 2.27. The van der Waals surface area contributed by atoms with E-state index in [9.17, 15) is 5.11 Å². The number of nitrogens with one attached hydrogen (secondary N) is 1. The van der Waals surface area contributed by atoms with Crippen molar-refractivity contribution in [2.45, 2.75) is 39.3 Å². The number of anilines is 1. The van der Waals surface area contributed by atoms with E-state index in [1.807, 2.05) is 57.0 Å². The average Bonchev–Trinajstić information content (AvgIpc) is 2.85. The van der Waals surface area contributed by atoms with Crippen molar-refractivity contribution in [2.24, 2.45) is 7.05 Å². The number of hydrogen-bond donors (Lipinski definition) is 2. The fourth-order valence-corrected chi connectivity index (χ4v) is 3.01. The van der Waals surface area contributed by atoms with Gasteiger partial charge in [-0.25, -0.2) is 0 Å². The van der Waals surface area contributed by atoms with Crippen LogP contribution in [0.25, 0.3) is 0 Å². The van der Waals surface area contributed by atoms with Crippen LogP contribution in [0.1, 0.15) is 48.3 Å². The Kier molecular flexibility index (Phi) is 6.02. The zero-order valence-corrected chi connectivity index (χ0v) is 15.7. The minimum atomic E-state index is -0.507. The topological polar surface area (TPSA) is 53.3 Å². The summed E-state index contributed by atoms with van der Waals surface area (Å²) in [6.45, 7) is 7.58. The molecule has 132 valence electrons. The number of rotatable bonds is 7. The van der Waals surface area contributed by atoms with Crippen molar-refractivity contribution in [1.29, 1.82) is 0 Å². The number of aryl methyl sites for hydroxylation is 2. The molecule has 1 atom stereocenters. The molecule has 0 radical (unpaired) electrons. The number of benzene rings is 1.